The van der Waals surface area contributed by atoms with Crippen molar-refractivity contribution in [2.24, 2.45) is 5.10 Å². The molecular formula is C18H17N3O4. The van der Waals surface area contributed by atoms with E-state index in [1.165, 1.54) is 31.2 Å². The molecule has 0 saturated heterocycles. The maximum atomic E-state index is 11.9. The lowest BCUT2D eigenvalue weighted by molar-refractivity contribution is -0.384. The Morgan fingerprint density at radius 2 is 1.56 bits per heavy atom. The number of hydrogen-bond donors (Lipinski definition) is 1. The molecule has 0 saturated carbocycles. The molecule has 0 aliphatic heterocycles. The van der Waals surface area contributed by atoms with Crippen molar-refractivity contribution in [2.45, 2.75) is 20.3 Å². The predicted octanol–water partition coefficient (Wildman–Crippen LogP) is 2.88. The van der Waals surface area contributed by atoms with Gasteiger partial charge in [0.15, 0.2) is 5.78 Å². The fraction of sp³-hybridized carbons (Fsp3) is 0.167. The number of carbonyl (C=O) groups excluding carboxylic acids is 2. The van der Waals surface area contributed by atoms with Gasteiger partial charge in [-0.25, -0.2) is 5.43 Å². The van der Waals surface area contributed by atoms with Gasteiger partial charge in [0.2, 0.25) is 5.91 Å². The Kier molecular flexibility index (Phi) is 5.73. The summed E-state index contributed by atoms with van der Waals surface area (Å²) < 4.78 is 0. The summed E-state index contributed by atoms with van der Waals surface area (Å²) in [4.78, 5) is 33.3. The fourth-order valence-corrected chi connectivity index (χ4v) is 2.12. The van der Waals surface area contributed by atoms with Gasteiger partial charge in [-0.05, 0) is 25.0 Å². The van der Waals surface area contributed by atoms with Crippen molar-refractivity contribution >= 4 is 23.1 Å². The fourth-order valence-electron chi connectivity index (χ4n) is 2.12. The van der Waals surface area contributed by atoms with Crippen LogP contribution in [0.15, 0.2) is 53.6 Å². The quantitative estimate of drug-likeness (QED) is 0.378. The van der Waals surface area contributed by atoms with Crippen molar-refractivity contribution in [2.75, 3.05) is 0 Å². The molecule has 0 unspecified atom stereocenters. The predicted molar refractivity (Wildman–Crippen MR) is 93.6 cm³/mol. The van der Waals surface area contributed by atoms with Crippen molar-refractivity contribution in [3.8, 4) is 0 Å². The molecule has 0 fully saturated rings. The highest BCUT2D eigenvalue weighted by Gasteiger charge is 2.07. The number of nitrogens with zero attached hydrogens (tertiary/aromatic N) is 2. The van der Waals surface area contributed by atoms with Gasteiger partial charge in [0.25, 0.3) is 5.69 Å². The monoisotopic (exact) mass is 339 g/mol. The average Bonchev–Trinajstić information content (AvgIpc) is 2.60. The first-order chi connectivity index (χ1) is 11.9. The molecular weight excluding hydrogens is 322 g/mol. The second-order valence-electron chi connectivity index (χ2n) is 5.47. The molecule has 0 atom stereocenters. The summed E-state index contributed by atoms with van der Waals surface area (Å²) in [5.41, 5.74) is 5.09. The van der Waals surface area contributed by atoms with E-state index < -0.39 is 4.92 Å². The molecule has 0 aliphatic rings. The van der Waals surface area contributed by atoms with Crippen molar-refractivity contribution < 1.29 is 14.5 Å². The Hall–Kier alpha value is -3.35. The topological polar surface area (TPSA) is 102 Å². The number of benzene rings is 2. The number of amides is 1. The Bertz CT molecular complexity index is 824. The first-order valence-corrected chi connectivity index (χ1v) is 7.54. The van der Waals surface area contributed by atoms with E-state index in [1.807, 2.05) is 0 Å². The number of carbonyl (C=O) groups is 2. The molecule has 25 heavy (non-hydrogen) atoms. The first-order valence-electron chi connectivity index (χ1n) is 7.54. The van der Waals surface area contributed by atoms with Crippen LogP contribution in [-0.2, 0) is 11.2 Å². The van der Waals surface area contributed by atoms with Gasteiger partial charge in [-0.2, -0.15) is 5.10 Å². The highest BCUT2D eigenvalue weighted by Crippen LogP contribution is 2.12. The number of Topliss-reactive ketones (excluding diaryl/α,β-unsaturated/α-hetero) is 1. The molecule has 0 radical (unpaired) electrons. The second kappa shape index (κ2) is 7.96. The van der Waals surface area contributed by atoms with E-state index in [0.29, 0.717) is 16.8 Å². The first kappa shape index (κ1) is 18.0. The maximum absolute atomic E-state index is 11.9. The third-order valence-corrected chi connectivity index (χ3v) is 3.57. The minimum atomic E-state index is -0.491. The Morgan fingerprint density at radius 1 is 1.00 bits per heavy atom. The Labute approximate surface area is 144 Å². The summed E-state index contributed by atoms with van der Waals surface area (Å²) in [5.74, 6) is -0.342. The van der Waals surface area contributed by atoms with E-state index in [4.69, 9.17) is 0 Å². The van der Waals surface area contributed by atoms with Crippen molar-refractivity contribution in [1.82, 2.24) is 5.43 Å². The molecule has 0 spiro atoms. The summed E-state index contributed by atoms with van der Waals surface area (Å²) in [6.45, 7) is 3.24. The van der Waals surface area contributed by atoms with Crippen molar-refractivity contribution in [3.05, 3.63) is 75.3 Å². The number of non-ortho nitro benzene ring substituents is 1. The molecule has 0 aromatic heterocycles. The summed E-state index contributed by atoms with van der Waals surface area (Å²) in [7, 11) is 0. The largest absolute Gasteiger partial charge is 0.295 e. The SMILES string of the molecule is CC(=O)c1ccc(/C(C)=N/NC(=O)Cc2ccc([N+](=O)[O-])cc2)cc1. The van der Waals surface area contributed by atoms with E-state index >= 15 is 0 Å². The van der Waals surface area contributed by atoms with Gasteiger partial charge < -0.3 is 0 Å². The Balaban J connectivity index is 1.96. The molecule has 1 amide bonds. The Morgan fingerprint density at radius 3 is 2.08 bits per heavy atom. The van der Waals surface area contributed by atoms with Crippen molar-refractivity contribution in [1.29, 1.82) is 0 Å². The molecule has 2 rings (SSSR count). The van der Waals surface area contributed by atoms with Crippen LogP contribution < -0.4 is 5.43 Å². The smallest absolute Gasteiger partial charge is 0.269 e. The van der Waals surface area contributed by atoms with Gasteiger partial charge in [0, 0.05) is 17.7 Å². The van der Waals surface area contributed by atoms with Crippen LogP contribution in [0.3, 0.4) is 0 Å². The summed E-state index contributed by atoms with van der Waals surface area (Å²) in [6.07, 6.45) is 0.0675. The zero-order chi connectivity index (χ0) is 18.4. The maximum Gasteiger partial charge on any atom is 0.269 e. The number of hydrogen-bond acceptors (Lipinski definition) is 5. The van der Waals surface area contributed by atoms with E-state index in [2.05, 4.69) is 10.5 Å². The number of nitro groups is 1. The van der Waals surface area contributed by atoms with Gasteiger partial charge in [-0.3, -0.25) is 19.7 Å². The summed E-state index contributed by atoms with van der Waals surface area (Å²) in [6, 6.07) is 12.7. The molecule has 1 N–H and O–H groups in total. The number of hydrazone groups is 1. The zero-order valence-electron chi connectivity index (χ0n) is 13.9. The van der Waals surface area contributed by atoms with Gasteiger partial charge in [-0.15, -0.1) is 0 Å². The lowest BCUT2D eigenvalue weighted by Gasteiger charge is -2.04. The van der Waals surface area contributed by atoms with Gasteiger partial charge in [0.1, 0.15) is 0 Å². The minimum absolute atomic E-state index is 0.0162. The molecule has 2 aromatic carbocycles. The number of ketones is 1. The highest BCUT2D eigenvalue weighted by molar-refractivity contribution is 6.00. The number of nitrogens with one attached hydrogen (secondary N) is 1. The lowest BCUT2D eigenvalue weighted by atomic mass is 10.1. The molecule has 0 aliphatic carbocycles. The van der Waals surface area contributed by atoms with Gasteiger partial charge in [-0.1, -0.05) is 36.4 Å². The van der Waals surface area contributed by atoms with Crippen LogP contribution in [0.2, 0.25) is 0 Å². The van der Waals surface area contributed by atoms with Crippen LogP contribution >= 0.6 is 0 Å². The van der Waals surface area contributed by atoms with Crippen LogP contribution in [0, 0.1) is 10.1 Å². The van der Waals surface area contributed by atoms with Crippen LogP contribution in [0.1, 0.15) is 35.3 Å². The molecule has 7 nitrogen and oxygen atoms in total. The molecule has 128 valence electrons. The van der Waals surface area contributed by atoms with E-state index in [9.17, 15) is 19.7 Å². The molecule has 0 bridgehead atoms. The normalized spacial score (nSPS) is 11.0. The second-order valence-corrected chi connectivity index (χ2v) is 5.47. The minimum Gasteiger partial charge on any atom is -0.295 e. The van der Waals surface area contributed by atoms with Crippen molar-refractivity contribution in [3.63, 3.8) is 0 Å². The van der Waals surface area contributed by atoms with Crippen LogP contribution in [0.5, 0.6) is 0 Å². The van der Waals surface area contributed by atoms with E-state index in [1.54, 1.807) is 31.2 Å². The number of nitro benzene ring substituents is 1. The van der Waals surface area contributed by atoms with E-state index in [-0.39, 0.29) is 23.8 Å². The van der Waals surface area contributed by atoms with Crippen LogP contribution in [0.25, 0.3) is 0 Å². The van der Waals surface area contributed by atoms with Gasteiger partial charge >= 0.3 is 0 Å². The average molecular weight is 339 g/mol. The van der Waals surface area contributed by atoms with Crippen LogP contribution in [-0.4, -0.2) is 22.3 Å². The van der Waals surface area contributed by atoms with E-state index in [0.717, 1.165) is 5.56 Å². The summed E-state index contributed by atoms with van der Waals surface area (Å²) in [5, 5.41) is 14.6. The summed E-state index contributed by atoms with van der Waals surface area (Å²) >= 11 is 0. The third kappa shape index (κ3) is 5.07. The highest BCUT2D eigenvalue weighted by atomic mass is 16.6. The molecule has 2 aromatic rings. The standard InChI is InChI=1S/C18H17N3O4/c1-12(15-5-7-16(8-6-15)13(2)22)19-20-18(23)11-14-3-9-17(10-4-14)21(24)25/h3-10H,11H2,1-2H3,(H,20,23)/b19-12+. The third-order valence-electron chi connectivity index (χ3n) is 3.57. The zero-order valence-corrected chi connectivity index (χ0v) is 13.9. The van der Waals surface area contributed by atoms with Crippen LogP contribution in [0.4, 0.5) is 5.69 Å². The van der Waals surface area contributed by atoms with Gasteiger partial charge in [0.05, 0.1) is 17.1 Å². The lowest BCUT2D eigenvalue weighted by Crippen LogP contribution is -2.21. The molecule has 0 heterocycles. The number of rotatable bonds is 6. The molecule has 7 heteroatoms.